The second-order valence-corrected chi connectivity index (χ2v) is 10.2. The fourth-order valence-corrected chi connectivity index (χ4v) is 5.18. The average Bonchev–Trinajstić information content (AvgIpc) is 3.31. The summed E-state index contributed by atoms with van der Waals surface area (Å²) in [5.74, 6) is 1.46. The molecule has 214 valence electrons. The molecule has 5 rings (SSSR count). The summed E-state index contributed by atoms with van der Waals surface area (Å²) in [5, 5.41) is 3.63. The number of ether oxygens (including phenoxy) is 2. The van der Waals surface area contributed by atoms with Gasteiger partial charge in [-0.2, -0.15) is 0 Å². The highest BCUT2D eigenvalue weighted by Crippen LogP contribution is 2.37. The van der Waals surface area contributed by atoms with Gasteiger partial charge in [0.15, 0.2) is 11.5 Å². The Morgan fingerprint density at radius 1 is 0.976 bits per heavy atom. The quantitative estimate of drug-likeness (QED) is 0.312. The lowest BCUT2D eigenvalue weighted by Gasteiger charge is -2.34. The number of piperazine rings is 1. The van der Waals surface area contributed by atoms with Crippen LogP contribution in [-0.4, -0.2) is 77.7 Å². The van der Waals surface area contributed by atoms with Gasteiger partial charge in [-0.3, -0.25) is 9.36 Å². The summed E-state index contributed by atoms with van der Waals surface area (Å²) in [6.45, 7) is 10.6. The zero-order chi connectivity index (χ0) is 28.9. The minimum absolute atomic E-state index is 0.251. The third-order valence-corrected chi connectivity index (χ3v) is 7.54. The first-order valence-corrected chi connectivity index (χ1v) is 13.8. The van der Waals surface area contributed by atoms with Crippen LogP contribution in [0.1, 0.15) is 28.5 Å². The summed E-state index contributed by atoms with van der Waals surface area (Å²) in [6, 6.07) is 15.8. The Kier molecular flexibility index (Phi) is 8.51. The van der Waals surface area contributed by atoms with Crippen LogP contribution in [0.15, 0.2) is 60.8 Å². The third-order valence-electron chi connectivity index (χ3n) is 7.54. The van der Waals surface area contributed by atoms with Gasteiger partial charge in [0.25, 0.3) is 5.91 Å². The van der Waals surface area contributed by atoms with Gasteiger partial charge in [0.2, 0.25) is 0 Å². The van der Waals surface area contributed by atoms with Crippen LogP contribution >= 0.6 is 0 Å². The number of benzene rings is 2. The highest BCUT2D eigenvalue weighted by molar-refractivity contribution is 6.03. The van der Waals surface area contributed by atoms with Crippen LogP contribution < -0.4 is 20.5 Å². The normalized spacial score (nSPS) is 14.2. The third kappa shape index (κ3) is 6.50. The smallest absolute Gasteiger partial charge is 0.323 e. The summed E-state index contributed by atoms with van der Waals surface area (Å²) >= 11 is 0. The van der Waals surface area contributed by atoms with E-state index in [-0.39, 0.29) is 5.91 Å². The molecular weight excluding hydrogens is 520 g/mol. The number of hydrogen-bond donors (Lipinski definition) is 2. The van der Waals surface area contributed by atoms with E-state index in [4.69, 9.17) is 15.2 Å². The van der Waals surface area contributed by atoms with Crippen molar-refractivity contribution in [3.8, 4) is 17.2 Å². The molecular formula is C31H36N6O4. The maximum absolute atomic E-state index is 12.9. The zero-order valence-electron chi connectivity index (χ0n) is 23.7. The van der Waals surface area contributed by atoms with Crippen molar-refractivity contribution in [1.29, 1.82) is 0 Å². The van der Waals surface area contributed by atoms with Gasteiger partial charge in [0.1, 0.15) is 11.6 Å². The highest BCUT2D eigenvalue weighted by atomic mass is 16.5. The summed E-state index contributed by atoms with van der Waals surface area (Å²) in [4.78, 5) is 34.1. The summed E-state index contributed by atoms with van der Waals surface area (Å²) < 4.78 is 13.0. The molecule has 41 heavy (non-hydrogen) atoms. The van der Waals surface area contributed by atoms with Gasteiger partial charge < -0.3 is 30.3 Å². The van der Waals surface area contributed by atoms with Crippen molar-refractivity contribution in [2.75, 3.05) is 51.7 Å². The summed E-state index contributed by atoms with van der Waals surface area (Å²) in [6.07, 6.45) is 2.52. The number of amides is 2. The number of carbonyl (C=O) groups excluding carboxylic acids is 2. The number of anilines is 1. The summed E-state index contributed by atoms with van der Waals surface area (Å²) in [7, 11) is 1.52. The van der Waals surface area contributed by atoms with Crippen LogP contribution in [0.2, 0.25) is 0 Å². The molecule has 3 N–H and O–H groups in total. The molecule has 0 saturated carbocycles. The highest BCUT2D eigenvalue weighted by Gasteiger charge is 2.17. The first kappa shape index (κ1) is 28.1. The topological polar surface area (TPSA) is 115 Å². The standard InChI is InChI=1S/C31H36N6O4/c1-4-35-13-15-36(16-14-35)12-10-22-5-7-23(8-6-22)30(38)34-29-19-25(9-11-33-29)41-28-18-24-17-21(2)37(31(32)39)26(24)20-27(28)40-3/h5-9,11,17-20H,4,10,12-16H2,1-3H3,(H2,32,39)(H,33,34,38). The summed E-state index contributed by atoms with van der Waals surface area (Å²) in [5.41, 5.74) is 8.64. The molecule has 0 aliphatic carbocycles. The van der Waals surface area contributed by atoms with Gasteiger partial charge >= 0.3 is 6.03 Å². The fraction of sp³-hybridized carbons (Fsp3) is 0.323. The minimum Gasteiger partial charge on any atom is -0.493 e. The number of aromatic nitrogens is 2. The number of carbonyl (C=O) groups is 2. The van der Waals surface area contributed by atoms with E-state index in [1.807, 2.05) is 30.3 Å². The molecule has 1 aliphatic heterocycles. The van der Waals surface area contributed by atoms with Gasteiger partial charge in [0.05, 0.1) is 12.6 Å². The molecule has 1 aliphatic rings. The zero-order valence-corrected chi connectivity index (χ0v) is 23.7. The van der Waals surface area contributed by atoms with Crippen molar-refractivity contribution in [2.24, 2.45) is 5.73 Å². The van der Waals surface area contributed by atoms with E-state index >= 15 is 0 Å². The van der Waals surface area contributed by atoms with Gasteiger partial charge in [-0.1, -0.05) is 19.1 Å². The number of methoxy groups -OCH3 is 1. The van der Waals surface area contributed by atoms with Crippen molar-refractivity contribution >= 4 is 28.7 Å². The van der Waals surface area contributed by atoms with Gasteiger partial charge in [0, 0.05) is 67.7 Å². The number of nitrogens with two attached hydrogens (primary N) is 1. The molecule has 0 radical (unpaired) electrons. The molecule has 0 atom stereocenters. The van der Waals surface area contributed by atoms with Crippen molar-refractivity contribution in [3.63, 3.8) is 0 Å². The van der Waals surface area contributed by atoms with Crippen molar-refractivity contribution < 1.29 is 19.1 Å². The molecule has 10 nitrogen and oxygen atoms in total. The van der Waals surface area contributed by atoms with E-state index in [9.17, 15) is 9.59 Å². The molecule has 2 amide bonds. The van der Waals surface area contributed by atoms with Crippen molar-refractivity contribution in [3.05, 3.63) is 77.6 Å². The Balaban J connectivity index is 1.22. The fourth-order valence-electron chi connectivity index (χ4n) is 5.18. The first-order chi connectivity index (χ1) is 19.8. The number of nitrogens with one attached hydrogen (secondary N) is 1. The molecule has 0 unspecified atom stereocenters. The predicted octanol–water partition coefficient (Wildman–Crippen LogP) is 4.50. The van der Waals surface area contributed by atoms with Gasteiger partial charge in [-0.05, 0) is 55.8 Å². The second-order valence-electron chi connectivity index (χ2n) is 10.2. The van der Waals surface area contributed by atoms with E-state index in [2.05, 4.69) is 27.0 Å². The Hall–Kier alpha value is -4.41. The number of fused-ring (bicyclic) bond motifs is 1. The molecule has 0 spiro atoms. The molecule has 1 fully saturated rings. The van der Waals surface area contributed by atoms with Gasteiger partial charge in [-0.25, -0.2) is 9.78 Å². The maximum Gasteiger partial charge on any atom is 0.323 e. The van der Waals surface area contributed by atoms with E-state index in [1.165, 1.54) is 17.2 Å². The van der Waals surface area contributed by atoms with Crippen molar-refractivity contribution in [1.82, 2.24) is 19.4 Å². The molecule has 0 bridgehead atoms. The first-order valence-electron chi connectivity index (χ1n) is 13.8. The molecule has 4 aromatic rings. The number of pyridine rings is 1. The number of hydrogen-bond acceptors (Lipinski definition) is 7. The van der Waals surface area contributed by atoms with Crippen LogP contribution in [-0.2, 0) is 6.42 Å². The molecule has 2 aromatic heterocycles. The van der Waals surface area contributed by atoms with Crippen LogP contribution in [0.5, 0.6) is 17.2 Å². The number of nitrogens with zero attached hydrogens (tertiary/aromatic N) is 4. The molecule has 3 heterocycles. The lowest BCUT2D eigenvalue weighted by molar-refractivity contribution is 0.102. The van der Waals surface area contributed by atoms with E-state index in [0.717, 1.165) is 51.1 Å². The number of rotatable bonds is 9. The van der Waals surface area contributed by atoms with E-state index < -0.39 is 6.03 Å². The molecule has 2 aromatic carbocycles. The Bertz CT molecular complexity index is 1540. The lowest BCUT2D eigenvalue weighted by atomic mass is 10.1. The average molecular weight is 557 g/mol. The minimum atomic E-state index is -0.571. The monoisotopic (exact) mass is 556 g/mol. The second kappa shape index (κ2) is 12.4. The van der Waals surface area contributed by atoms with Crippen LogP contribution in [0.25, 0.3) is 10.9 Å². The number of primary amides is 1. The molecule has 1 saturated heterocycles. The van der Waals surface area contributed by atoms with Crippen LogP contribution in [0.4, 0.5) is 10.6 Å². The SMILES string of the molecule is CCN1CCN(CCc2ccc(C(=O)Nc3cc(Oc4cc5cc(C)n(C(N)=O)c5cc4OC)ccn3)cc2)CC1. The maximum atomic E-state index is 12.9. The lowest BCUT2D eigenvalue weighted by Crippen LogP contribution is -2.46. The number of likely N-dealkylation sites (N-methyl/N-ethyl adjacent to an activating group) is 1. The Morgan fingerprint density at radius 3 is 2.39 bits per heavy atom. The van der Waals surface area contributed by atoms with Crippen LogP contribution in [0.3, 0.4) is 0 Å². The predicted molar refractivity (Wildman–Crippen MR) is 159 cm³/mol. The number of aryl methyl sites for hydroxylation is 1. The largest absolute Gasteiger partial charge is 0.493 e. The Labute approximate surface area is 239 Å². The van der Waals surface area contributed by atoms with E-state index in [1.54, 1.807) is 37.4 Å². The van der Waals surface area contributed by atoms with Crippen molar-refractivity contribution in [2.45, 2.75) is 20.3 Å². The van der Waals surface area contributed by atoms with Gasteiger partial charge in [-0.15, -0.1) is 0 Å². The van der Waals surface area contributed by atoms with Crippen LogP contribution in [0, 0.1) is 6.92 Å². The van der Waals surface area contributed by atoms with E-state index in [0.29, 0.717) is 39.8 Å². The molecule has 10 heteroatoms. The Morgan fingerprint density at radius 2 is 1.71 bits per heavy atom.